The van der Waals surface area contributed by atoms with Crippen LogP contribution in [-0.4, -0.2) is 36.0 Å². The average Bonchev–Trinajstić information content (AvgIpc) is 2.18. The van der Waals surface area contributed by atoms with E-state index in [1.807, 2.05) is 6.92 Å². The van der Waals surface area contributed by atoms with Crippen LogP contribution in [0.3, 0.4) is 0 Å². The van der Waals surface area contributed by atoms with Gasteiger partial charge in [-0.15, -0.1) is 0 Å². The summed E-state index contributed by atoms with van der Waals surface area (Å²) in [5.41, 5.74) is 0. The first-order valence-electron chi connectivity index (χ1n) is 6.33. The molecule has 1 amide bonds. The Hall–Kier alpha value is -0.570. The normalized spacial score (nSPS) is 24.9. The second-order valence-electron chi connectivity index (χ2n) is 4.82. The minimum absolute atomic E-state index is 0.206. The van der Waals surface area contributed by atoms with Crippen LogP contribution in [0.25, 0.3) is 0 Å². The van der Waals surface area contributed by atoms with Crippen molar-refractivity contribution in [2.24, 2.45) is 0 Å². The van der Waals surface area contributed by atoms with Crippen molar-refractivity contribution < 1.29 is 4.79 Å². The van der Waals surface area contributed by atoms with Crippen LogP contribution in [0.4, 0.5) is 0 Å². The molecule has 3 heteroatoms. The number of rotatable bonds is 3. The number of likely N-dealkylation sites (tertiary alicyclic amines) is 1. The first-order valence-corrected chi connectivity index (χ1v) is 6.33. The highest BCUT2D eigenvalue weighted by Gasteiger charge is 2.28. The molecule has 3 nitrogen and oxygen atoms in total. The number of hydrogen-bond acceptors (Lipinski definition) is 2. The van der Waals surface area contributed by atoms with E-state index in [9.17, 15) is 4.79 Å². The van der Waals surface area contributed by atoms with E-state index < -0.39 is 0 Å². The van der Waals surface area contributed by atoms with Crippen molar-refractivity contribution in [2.75, 3.05) is 13.1 Å². The Kier molecular flexibility index (Phi) is 3.62. The summed E-state index contributed by atoms with van der Waals surface area (Å²) < 4.78 is 0. The summed E-state index contributed by atoms with van der Waals surface area (Å²) in [4.78, 5) is 13.8. The Balaban J connectivity index is 1.69. The van der Waals surface area contributed by atoms with Crippen LogP contribution in [-0.2, 0) is 4.79 Å². The highest BCUT2D eigenvalue weighted by molar-refractivity contribution is 5.75. The largest absolute Gasteiger partial charge is 0.353 e. The molecule has 0 aromatic rings. The SMILES string of the molecule is CCC(=O)NC1CCN(C2CCC2)CC1. The second kappa shape index (κ2) is 4.97. The Bertz CT molecular complexity index is 218. The minimum atomic E-state index is 0.206. The Labute approximate surface area is 92.2 Å². The molecule has 2 fully saturated rings. The summed E-state index contributed by atoms with van der Waals surface area (Å²) in [7, 11) is 0. The molecule has 0 spiro atoms. The Morgan fingerprint density at radius 1 is 1.27 bits per heavy atom. The molecule has 0 radical (unpaired) electrons. The zero-order valence-corrected chi connectivity index (χ0v) is 9.67. The zero-order chi connectivity index (χ0) is 10.7. The third-order valence-electron chi connectivity index (χ3n) is 3.81. The van der Waals surface area contributed by atoms with Gasteiger partial charge in [0, 0.05) is 31.6 Å². The van der Waals surface area contributed by atoms with Gasteiger partial charge < -0.3 is 10.2 Å². The van der Waals surface area contributed by atoms with Gasteiger partial charge in [-0.05, 0) is 25.7 Å². The molecule has 0 aromatic heterocycles. The summed E-state index contributed by atoms with van der Waals surface area (Å²) in [5, 5.41) is 3.10. The van der Waals surface area contributed by atoms with Crippen molar-refractivity contribution in [3.63, 3.8) is 0 Å². The van der Waals surface area contributed by atoms with Crippen molar-refractivity contribution in [1.29, 1.82) is 0 Å². The predicted octanol–water partition coefficient (Wildman–Crippen LogP) is 1.53. The summed E-state index contributed by atoms with van der Waals surface area (Å²) >= 11 is 0. The maximum Gasteiger partial charge on any atom is 0.219 e. The van der Waals surface area contributed by atoms with Gasteiger partial charge in [-0.3, -0.25) is 4.79 Å². The summed E-state index contributed by atoms with van der Waals surface area (Å²) in [5.74, 6) is 0.206. The van der Waals surface area contributed by atoms with Gasteiger partial charge in [0.05, 0.1) is 0 Å². The highest BCUT2D eigenvalue weighted by Crippen LogP contribution is 2.27. The van der Waals surface area contributed by atoms with Crippen LogP contribution < -0.4 is 5.32 Å². The fourth-order valence-corrected chi connectivity index (χ4v) is 2.49. The predicted molar refractivity (Wildman–Crippen MR) is 60.7 cm³/mol. The number of hydrogen-bond donors (Lipinski definition) is 1. The van der Waals surface area contributed by atoms with Gasteiger partial charge in [0.25, 0.3) is 0 Å². The van der Waals surface area contributed by atoms with Crippen molar-refractivity contribution in [3.8, 4) is 0 Å². The van der Waals surface area contributed by atoms with Crippen LogP contribution in [0.5, 0.6) is 0 Å². The molecular formula is C12H22N2O. The molecule has 1 N–H and O–H groups in total. The van der Waals surface area contributed by atoms with E-state index in [1.54, 1.807) is 0 Å². The number of carbonyl (C=O) groups excluding carboxylic acids is 1. The molecule has 2 rings (SSSR count). The van der Waals surface area contributed by atoms with Crippen molar-refractivity contribution in [3.05, 3.63) is 0 Å². The van der Waals surface area contributed by atoms with Gasteiger partial charge in [-0.1, -0.05) is 13.3 Å². The van der Waals surface area contributed by atoms with E-state index in [4.69, 9.17) is 0 Å². The second-order valence-corrected chi connectivity index (χ2v) is 4.82. The molecule has 0 unspecified atom stereocenters. The molecule has 1 saturated carbocycles. The lowest BCUT2D eigenvalue weighted by Crippen LogP contribution is -2.49. The van der Waals surface area contributed by atoms with E-state index in [-0.39, 0.29) is 5.91 Å². The fourth-order valence-electron chi connectivity index (χ4n) is 2.49. The van der Waals surface area contributed by atoms with E-state index in [2.05, 4.69) is 10.2 Å². The number of nitrogens with zero attached hydrogens (tertiary/aromatic N) is 1. The lowest BCUT2D eigenvalue weighted by atomic mass is 9.89. The summed E-state index contributed by atoms with van der Waals surface area (Å²) in [6, 6.07) is 1.31. The van der Waals surface area contributed by atoms with Crippen LogP contribution in [0.1, 0.15) is 45.4 Å². The topological polar surface area (TPSA) is 32.3 Å². The highest BCUT2D eigenvalue weighted by atomic mass is 16.1. The number of carbonyl (C=O) groups is 1. The lowest BCUT2D eigenvalue weighted by molar-refractivity contribution is -0.121. The lowest BCUT2D eigenvalue weighted by Gasteiger charge is -2.41. The number of nitrogens with one attached hydrogen (secondary N) is 1. The Morgan fingerprint density at radius 2 is 1.93 bits per heavy atom. The quantitative estimate of drug-likeness (QED) is 0.766. The number of piperidine rings is 1. The molecule has 1 aliphatic heterocycles. The van der Waals surface area contributed by atoms with Gasteiger partial charge in [0.2, 0.25) is 5.91 Å². The third-order valence-corrected chi connectivity index (χ3v) is 3.81. The van der Waals surface area contributed by atoms with E-state index in [0.717, 1.165) is 18.9 Å². The van der Waals surface area contributed by atoms with Crippen LogP contribution in [0, 0.1) is 0 Å². The first-order chi connectivity index (χ1) is 7.29. The maximum atomic E-state index is 11.2. The first kappa shape index (κ1) is 10.9. The Morgan fingerprint density at radius 3 is 2.40 bits per heavy atom. The molecule has 1 saturated heterocycles. The molecule has 0 aromatic carbocycles. The van der Waals surface area contributed by atoms with Crippen molar-refractivity contribution >= 4 is 5.91 Å². The molecule has 1 aliphatic carbocycles. The van der Waals surface area contributed by atoms with E-state index >= 15 is 0 Å². The van der Waals surface area contributed by atoms with Gasteiger partial charge in [0.15, 0.2) is 0 Å². The molecule has 0 bridgehead atoms. The maximum absolute atomic E-state index is 11.2. The zero-order valence-electron chi connectivity index (χ0n) is 9.67. The van der Waals surface area contributed by atoms with Crippen molar-refractivity contribution in [2.45, 2.75) is 57.5 Å². The van der Waals surface area contributed by atoms with Gasteiger partial charge in [0.1, 0.15) is 0 Å². The van der Waals surface area contributed by atoms with Crippen LogP contribution >= 0.6 is 0 Å². The van der Waals surface area contributed by atoms with Gasteiger partial charge >= 0.3 is 0 Å². The van der Waals surface area contributed by atoms with Crippen LogP contribution in [0.15, 0.2) is 0 Å². The summed E-state index contributed by atoms with van der Waals surface area (Å²) in [6.45, 7) is 4.28. The van der Waals surface area contributed by atoms with Gasteiger partial charge in [-0.25, -0.2) is 0 Å². The number of amides is 1. The van der Waals surface area contributed by atoms with E-state index in [0.29, 0.717) is 12.5 Å². The minimum Gasteiger partial charge on any atom is -0.353 e. The summed E-state index contributed by atoms with van der Waals surface area (Å²) in [6.07, 6.45) is 7.10. The standard InChI is InChI=1S/C12H22N2O/c1-2-12(15)13-10-6-8-14(9-7-10)11-4-3-5-11/h10-11H,2-9H2,1H3,(H,13,15). The fraction of sp³-hybridized carbons (Fsp3) is 0.917. The molecule has 1 heterocycles. The monoisotopic (exact) mass is 210 g/mol. The molecule has 2 aliphatic rings. The molecule has 15 heavy (non-hydrogen) atoms. The van der Waals surface area contributed by atoms with Crippen LogP contribution in [0.2, 0.25) is 0 Å². The van der Waals surface area contributed by atoms with Gasteiger partial charge in [-0.2, -0.15) is 0 Å². The average molecular weight is 210 g/mol. The smallest absolute Gasteiger partial charge is 0.219 e. The molecule has 0 atom stereocenters. The third kappa shape index (κ3) is 2.71. The van der Waals surface area contributed by atoms with E-state index in [1.165, 1.54) is 32.4 Å². The van der Waals surface area contributed by atoms with Crippen molar-refractivity contribution in [1.82, 2.24) is 10.2 Å². The molecular weight excluding hydrogens is 188 g/mol. The molecule has 86 valence electrons.